The summed E-state index contributed by atoms with van der Waals surface area (Å²) in [5, 5.41) is 6.95. The number of carbonyl (C=O) groups is 1. The van der Waals surface area contributed by atoms with E-state index in [2.05, 4.69) is 10.2 Å². The Kier molecular flexibility index (Phi) is 5.16. The quantitative estimate of drug-likeness (QED) is 0.326. The number of carbonyl (C=O) groups excluding carboxylic acids is 1. The number of anilines is 1. The number of rotatable bonds is 5. The van der Waals surface area contributed by atoms with E-state index >= 15 is 0 Å². The van der Waals surface area contributed by atoms with Gasteiger partial charge in [-0.05, 0) is 35.4 Å². The molecule has 33 heavy (non-hydrogen) atoms. The lowest BCUT2D eigenvalue weighted by atomic mass is 10.0. The molecule has 3 aromatic carbocycles. The number of benzene rings is 3. The molecule has 0 N–H and O–H groups in total. The molecule has 0 aliphatic carbocycles. The number of hydrogen-bond donors (Lipinski definition) is 0. The lowest BCUT2D eigenvalue weighted by molar-refractivity contribution is 0.0996. The van der Waals surface area contributed by atoms with E-state index in [-0.39, 0.29) is 23.9 Å². The molecule has 0 unspecified atom stereocenters. The number of hydrogen-bond acceptors (Lipinski definition) is 4. The summed E-state index contributed by atoms with van der Waals surface area (Å²) in [6, 6.07) is 17.9. The molecule has 9 heteroatoms. The van der Waals surface area contributed by atoms with Gasteiger partial charge in [0.25, 0.3) is 18.2 Å². The van der Waals surface area contributed by atoms with Crippen molar-refractivity contribution < 1.29 is 26.8 Å². The van der Waals surface area contributed by atoms with Crippen molar-refractivity contribution in [3.05, 3.63) is 89.3 Å². The molecule has 0 bridgehead atoms. The van der Waals surface area contributed by atoms with Gasteiger partial charge in [0.15, 0.2) is 0 Å². The van der Waals surface area contributed by atoms with Crippen molar-refractivity contribution in [2.45, 2.75) is 19.4 Å². The Labute approximate surface area is 185 Å². The highest BCUT2D eigenvalue weighted by Crippen LogP contribution is 2.38. The lowest BCUT2D eigenvalue weighted by Gasteiger charge is -2.20. The summed E-state index contributed by atoms with van der Waals surface area (Å²) in [7, 11) is 0. The van der Waals surface area contributed by atoms with Crippen molar-refractivity contribution in [3.63, 3.8) is 0 Å². The Hall–Kier alpha value is -4.01. The molecule has 2 heterocycles. The molecule has 0 radical (unpaired) electrons. The summed E-state index contributed by atoms with van der Waals surface area (Å²) in [5.74, 6) is -1.21. The van der Waals surface area contributed by atoms with E-state index in [0.29, 0.717) is 27.9 Å². The van der Waals surface area contributed by atoms with E-state index in [1.54, 1.807) is 53.4 Å². The average Bonchev–Trinajstić information content (AvgIpc) is 3.44. The van der Waals surface area contributed by atoms with Crippen LogP contribution in [0.4, 0.5) is 23.2 Å². The van der Waals surface area contributed by atoms with Crippen molar-refractivity contribution in [2.24, 2.45) is 0 Å². The summed E-state index contributed by atoms with van der Waals surface area (Å²) >= 11 is 0. The van der Waals surface area contributed by atoms with Gasteiger partial charge in [-0.2, -0.15) is 8.78 Å². The molecule has 0 saturated heterocycles. The van der Waals surface area contributed by atoms with E-state index in [0.717, 1.165) is 5.56 Å². The number of amides is 1. The van der Waals surface area contributed by atoms with Crippen LogP contribution < -0.4 is 4.90 Å². The Balaban J connectivity index is 1.50. The topological polar surface area (TPSA) is 59.2 Å². The van der Waals surface area contributed by atoms with Gasteiger partial charge in [0.05, 0.1) is 12.2 Å². The summed E-state index contributed by atoms with van der Waals surface area (Å²) in [6.07, 6.45) is -5.50. The monoisotopic (exact) mass is 453 g/mol. The Morgan fingerprint density at radius 3 is 2.39 bits per heavy atom. The van der Waals surface area contributed by atoms with Gasteiger partial charge in [-0.25, -0.2) is 8.78 Å². The lowest BCUT2D eigenvalue weighted by Crippen LogP contribution is -2.23. The first kappa shape index (κ1) is 20.9. The molecule has 5 rings (SSSR count). The second-order valence-corrected chi connectivity index (χ2v) is 7.45. The molecule has 1 aliphatic rings. The van der Waals surface area contributed by atoms with Crippen LogP contribution in [0.15, 0.2) is 71.1 Å². The first-order valence-corrected chi connectivity index (χ1v) is 9.96. The third kappa shape index (κ3) is 3.75. The van der Waals surface area contributed by atoms with Crippen LogP contribution in [0.25, 0.3) is 22.6 Å². The van der Waals surface area contributed by atoms with Crippen LogP contribution in [0.2, 0.25) is 0 Å². The number of alkyl halides is 4. The molecule has 1 amide bonds. The second kappa shape index (κ2) is 8.16. The van der Waals surface area contributed by atoms with Crippen molar-refractivity contribution in [1.82, 2.24) is 10.2 Å². The predicted molar refractivity (Wildman–Crippen MR) is 112 cm³/mol. The van der Waals surface area contributed by atoms with Gasteiger partial charge in [0.1, 0.15) is 0 Å². The third-order valence-corrected chi connectivity index (χ3v) is 5.43. The highest BCUT2D eigenvalue weighted by Gasteiger charge is 2.31. The maximum absolute atomic E-state index is 13.3. The first-order chi connectivity index (χ1) is 15.9. The maximum Gasteiger partial charge on any atom is 0.314 e. The molecule has 0 saturated carbocycles. The number of aromatic nitrogens is 2. The van der Waals surface area contributed by atoms with Crippen molar-refractivity contribution >= 4 is 11.6 Å². The van der Waals surface area contributed by atoms with Crippen LogP contribution in [0.1, 0.15) is 40.2 Å². The number of halogens is 4. The van der Waals surface area contributed by atoms with Gasteiger partial charge < -0.3 is 9.32 Å². The third-order valence-electron chi connectivity index (χ3n) is 5.43. The maximum atomic E-state index is 13.3. The van der Waals surface area contributed by atoms with Crippen molar-refractivity contribution in [3.8, 4) is 22.6 Å². The summed E-state index contributed by atoms with van der Waals surface area (Å²) in [6.45, 7) is 0.270. The Morgan fingerprint density at radius 1 is 0.818 bits per heavy atom. The van der Waals surface area contributed by atoms with Gasteiger partial charge in [-0.15, -0.1) is 10.2 Å². The van der Waals surface area contributed by atoms with Crippen LogP contribution in [-0.4, -0.2) is 16.1 Å². The minimum Gasteiger partial charge on any atom is -0.415 e. The molecule has 1 aliphatic heterocycles. The summed E-state index contributed by atoms with van der Waals surface area (Å²) in [4.78, 5) is 14.8. The highest BCUT2D eigenvalue weighted by molar-refractivity contribution is 6.12. The van der Waals surface area contributed by atoms with E-state index in [1.807, 2.05) is 0 Å². The van der Waals surface area contributed by atoms with Crippen LogP contribution in [0.3, 0.4) is 0 Å². The number of para-hydroxylation sites is 1. The van der Waals surface area contributed by atoms with Gasteiger partial charge in [0.2, 0.25) is 5.89 Å². The molecule has 4 aromatic rings. The molecule has 0 spiro atoms. The zero-order valence-electron chi connectivity index (χ0n) is 16.9. The smallest absolute Gasteiger partial charge is 0.314 e. The fraction of sp³-hybridized carbons (Fsp3) is 0.125. The minimum absolute atomic E-state index is 0.106. The van der Waals surface area contributed by atoms with E-state index in [9.17, 15) is 22.4 Å². The first-order valence-electron chi connectivity index (χ1n) is 9.96. The van der Waals surface area contributed by atoms with Gasteiger partial charge in [0, 0.05) is 22.3 Å². The van der Waals surface area contributed by atoms with Crippen molar-refractivity contribution in [2.75, 3.05) is 4.90 Å². The zero-order chi connectivity index (χ0) is 23.1. The van der Waals surface area contributed by atoms with Crippen LogP contribution in [0, 0.1) is 0 Å². The summed E-state index contributed by atoms with van der Waals surface area (Å²) < 4.78 is 56.9. The normalized spacial score (nSPS) is 13.3. The van der Waals surface area contributed by atoms with Gasteiger partial charge >= 0.3 is 6.43 Å². The molecule has 0 atom stereocenters. The van der Waals surface area contributed by atoms with Crippen LogP contribution in [-0.2, 0) is 6.54 Å². The van der Waals surface area contributed by atoms with Crippen LogP contribution >= 0.6 is 0 Å². The molecular weight excluding hydrogens is 438 g/mol. The largest absolute Gasteiger partial charge is 0.415 e. The standard InChI is InChI=1S/C24H15F4N3O2/c25-20(26)14-5-3-4-13(10-14)17-6-1-2-7-19(17)31-12-16-9-8-15(11-18(16)24(31)32)22-29-30-23(33-22)21(27)28/h1-11,20-21H,12H2. The molecule has 1 aromatic heterocycles. The second-order valence-electron chi connectivity index (χ2n) is 7.45. The Bertz CT molecular complexity index is 1350. The van der Waals surface area contributed by atoms with Gasteiger partial charge in [-0.3, -0.25) is 4.79 Å². The van der Waals surface area contributed by atoms with Crippen LogP contribution in [0.5, 0.6) is 0 Å². The zero-order valence-corrected chi connectivity index (χ0v) is 16.9. The Morgan fingerprint density at radius 2 is 1.64 bits per heavy atom. The number of fused-ring (bicyclic) bond motifs is 1. The molecule has 5 nitrogen and oxygen atoms in total. The molecular formula is C24H15F4N3O2. The fourth-order valence-electron chi connectivity index (χ4n) is 3.86. The predicted octanol–water partition coefficient (Wildman–Crippen LogP) is 6.44. The van der Waals surface area contributed by atoms with E-state index < -0.39 is 18.7 Å². The molecule has 0 fully saturated rings. The van der Waals surface area contributed by atoms with Crippen molar-refractivity contribution in [1.29, 1.82) is 0 Å². The SMILES string of the molecule is O=C1c2cc(-c3nnc(C(F)F)o3)ccc2CN1c1ccccc1-c1cccc(C(F)F)c1. The summed E-state index contributed by atoms with van der Waals surface area (Å²) in [5.41, 5.74) is 3.13. The minimum atomic E-state index is -2.89. The van der Waals surface area contributed by atoms with E-state index in [1.165, 1.54) is 18.2 Å². The van der Waals surface area contributed by atoms with Gasteiger partial charge in [-0.1, -0.05) is 42.5 Å². The highest BCUT2D eigenvalue weighted by atomic mass is 19.3. The number of nitrogens with zero attached hydrogens (tertiary/aromatic N) is 3. The molecule has 166 valence electrons. The van der Waals surface area contributed by atoms with E-state index in [4.69, 9.17) is 4.42 Å². The average molecular weight is 453 g/mol. The fourth-order valence-corrected chi connectivity index (χ4v) is 3.86.